The molecule has 3 fully saturated rings. The van der Waals surface area contributed by atoms with Gasteiger partial charge in [-0.15, -0.1) is 0 Å². The molecular formula is C15H28N2O. The Balaban J connectivity index is 1.62. The summed E-state index contributed by atoms with van der Waals surface area (Å²) in [5.74, 6) is 1.46. The Morgan fingerprint density at radius 3 is 2.83 bits per heavy atom. The van der Waals surface area contributed by atoms with E-state index in [1.54, 1.807) is 0 Å². The third-order valence-corrected chi connectivity index (χ3v) is 6.00. The molecule has 3 heteroatoms. The number of nitrogens with one attached hydrogen (secondary N) is 1. The SMILES string of the molecule is CCC1CC1NCC1(N)C2CCCOC2C1(C)C. The molecule has 0 aromatic carbocycles. The van der Waals surface area contributed by atoms with Gasteiger partial charge in [0.1, 0.15) is 0 Å². The van der Waals surface area contributed by atoms with E-state index in [4.69, 9.17) is 10.5 Å². The van der Waals surface area contributed by atoms with Crippen LogP contribution in [0.4, 0.5) is 0 Å². The van der Waals surface area contributed by atoms with E-state index in [2.05, 4.69) is 26.1 Å². The first-order chi connectivity index (χ1) is 8.50. The standard InChI is InChI=1S/C15H28N2O/c1-4-10-8-12(10)17-9-15(16)11-6-5-7-18-13(11)14(15,2)3/h10-13,17H,4-9,16H2,1-3H3. The van der Waals surface area contributed by atoms with Crippen molar-refractivity contribution in [3.05, 3.63) is 0 Å². The summed E-state index contributed by atoms with van der Waals surface area (Å²) in [5.41, 5.74) is 6.80. The zero-order chi connectivity index (χ0) is 13.0. The van der Waals surface area contributed by atoms with Crippen LogP contribution in [0.1, 0.15) is 46.5 Å². The summed E-state index contributed by atoms with van der Waals surface area (Å²) < 4.78 is 5.94. The second kappa shape index (κ2) is 4.19. The predicted molar refractivity (Wildman–Crippen MR) is 73.4 cm³/mol. The van der Waals surface area contributed by atoms with Gasteiger partial charge in [-0.1, -0.05) is 27.2 Å². The Bertz CT molecular complexity index is 330. The van der Waals surface area contributed by atoms with Gasteiger partial charge in [-0.25, -0.2) is 0 Å². The molecule has 2 saturated carbocycles. The van der Waals surface area contributed by atoms with Gasteiger partial charge < -0.3 is 15.8 Å². The molecule has 5 unspecified atom stereocenters. The zero-order valence-electron chi connectivity index (χ0n) is 12.0. The molecular weight excluding hydrogens is 224 g/mol. The molecule has 18 heavy (non-hydrogen) atoms. The highest BCUT2D eigenvalue weighted by Gasteiger charge is 2.66. The molecule has 0 bridgehead atoms. The molecule has 0 aromatic heterocycles. The van der Waals surface area contributed by atoms with Crippen LogP contribution in [0.5, 0.6) is 0 Å². The van der Waals surface area contributed by atoms with Crippen molar-refractivity contribution in [1.29, 1.82) is 0 Å². The minimum Gasteiger partial charge on any atom is -0.377 e. The number of rotatable bonds is 4. The summed E-state index contributed by atoms with van der Waals surface area (Å²) >= 11 is 0. The van der Waals surface area contributed by atoms with Gasteiger partial charge in [-0.3, -0.25) is 0 Å². The van der Waals surface area contributed by atoms with Gasteiger partial charge in [0.25, 0.3) is 0 Å². The Labute approximate surface area is 111 Å². The lowest BCUT2D eigenvalue weighted by molar-refractivity contribution is -0.225. The van der Waals surface area contributed by atoms with Crippen LogP contribution in [0.2, 0.25) is 0 Å². The largest absolute Gasteiger partial charge is 0.377 e. The van der Waals surface area contributed by atoms with E-state index in [0.717, 1.165) is 25.1 Å². The molecule has 104 valence electrons. The van der Waals surface area contributed by atoms with Crippen molar-refractivity contribution in [2.24, 2.45) is 23.0 Å². The van der Waals surface area contributed by atoms with Gasteiger partial charge in [-0.2, -0.15) is 0 Å². The van der Waals surface area contributed by atoms with Crippen LogP contribution >= 0.6 is 0 Å². The maximum atomic E-state index is 6.76. The first-order valence-corrected chi connectivity index (χ1v) is 7.64. The van der Waals surface area contributed by atoms with Gasteiger partial charge in [0.05, 0.1) is 6.10 Å². The maximum Gasteiger partial charge on any atom is 0.0690 e. The number of hydrogen-bond acceptors (Lipinski definition) is 3. The molecule has 2 aliphatic carbocycles. The van der Waals surface area contributed by atoms with Gasteiger partial charge in [0.2, 0.25) is 0 Å². The molecule has 0 aromatic rings. The average Bonchev–Trinajstić information content (AvgIpc) is 3.14. The average molecular weight is 252 g/mol. The van der Waals surface area contributed by atoms with Crippen LogP contribution < -0.4 is 11.1 Å². The number of hydrogen-bond donors (Lipinski definition) is 2. The van der Waals surface area contributed by atoms with Crippen molar-refractivity contribution in [3.63, 3.8) is 0 Å². The minimum absolute atomic E-state index is 0.0705. The summed E-state index contributed by atoms with van der Waals surface area (Å²) in [5, 5.41) is 3.71. The normalized spacial score (nSPS) is 49.3. The zero-order valence-corrected chi connectivity index (χ0v) is 12.0. The number of fused-ring (bicyclic) bond motifs is 1. The van der Waals surface area contributed by atoms with Crippen molar-refractivity contribution >= 4 is 0 Å². The van der Waals surface area contributed by atoms with Crippen LogP contribution in [0, 0.1) is 17.3 Å². The molecule has 3 N–H and O–H groups in total. The topological polar surface area (TPSA) is 47.3 Å². The van der Waals surface area contributed by atoms with E-state index in [9.17, 15) is 0 Å². The lowest BCUT2D eigenvalue weighted by atomic mass is 9.46. The summed E-state index contributed by atoms with van der Waals surface area (Å²) in [6.45, 7) is 8.74. The molecule has 1 heterocycles. The fourth-order valence-corrected chi connectivity index (χ4v) is 4.27. The highest BCUT2D eigenvalue weighted by atomic mass is 16.5. The van der Waals surface area contributed by atoms with Gasteiger partial charge in [-0.05, 0) is 25.2 Å². The Morgan fingerprint density at radius 2 is 2.17 bits per heavy atom. The van der Waals surface area contributed by atoms with Gasteiger partial charge in [0, 0.05) is 36.1 Å². The molecule has 0 spiro atoms. The summed E-state index contributed by atoms with van der Waals surface area (Å²) in [6, 6.07) is 0.731. The predicted octanol–water partition coefficient (Wildman–Crippen LogP) is 1.91. The second-order valence-electron chi connectivity index (χ2n) is 7.19. The van der Waals surface area contributed by atoms with E-state index in [0.29, 0.717) is 12.0 Å². The lowest BCUT2D eigenvalue weighted by Crippen LogP contribution is -2.80. The third kappa shape index (κ3) is 1.67. The fourth-order valence-electron chi connectivity index (χ4n) is 4.27. The van der Waals surface area contributed by atoms with E-state index in [1.807, 2.05) is 0 Å². The van der Waals surface area contributed by atoms with E-state index >= 15 is 0 Å². The summed E-state index contributed by atoms with van der Waals surface area (Å²) in [6.07, 6.45) is 5.45. The Kier molecular flexibility index (Phi) is 3.00. The monoisotopic (exact) mass is 252 g/mol. The van der Waals surface area contributed by atoms with Crippen molar-refractivity contribution in [2.75, 3.05) is 13.2 Å². The first-order valence-electron chi connectivity index (χ1n) is 7.64. The summed E-state index contributed by atoms with van der Waals surface area (Å²) in [4.78, 5) is 0. The van der Waals surface area contributed by atoms with Crippen molar-refractivity contribution < 1.29 is 4.74 Å². The molecule has 3 nitrogen and oxygen atoms in total. The summed E-state index contributed by atoms with van der Waals surface area (Å²) in [7, 11) is 0. The van der Waals surface area contributed by atoms with Crippen molar-refractivity contribution in [2.45, 2.75) is 64.1 Å². The lowest BCUT2D eigenvalue weighted by Gasteiger charge is -2.66. The second-order valence-corrected chi connectivity index (χ2v) is 7.19. The van der Waals surface area contributed by atoms with Crippen LogP contribution in [0.3, 0.4) is 0 Å². The molecule has 0 radical (unpaired) electrons. The Hall–Kier alpha value is -0.120. The highest BCUT2D eigenvalue weighted by Crippen LogP contribution is 2.57. The molecule has 5 atom stereocenters. The highest BCUT2D eigenvalue weighted by molar-refractivity contribution is 5.21. The van der Waals surface area contributed by atoms with E-state index in [1.165, 1.54) is 25.7 Å². The quantitative estimate of drug-likeness (QED) is 0.803. The Morgan fingerprint density at radius 1 is 1.39 bits per heavy atom. The molecule has 3 aliphatic rings. The number of nitrogens with two attached hydrogens (primary N) is 1. The maximum absolute atomic E-state index is 6.76. The third-order valence-electron chi connectivity index (χ3n) is 6.00. The molecule has 1 saturated heterocycles. The van der Waals surface area contributed by atoms with Crippen molar-refractivity contribution in [1.82, 2.24) is 5.32 Å². The van der Waals surface area contributed by atoms with E-state index < -0.39 is 0 Å². The van der Waals surface area contributed by atoms with Crippen LogP contribution in [-0.4, -0.2) is 30.8 Å². The molecule has 1 aliphatic heterocycles. The molecule has 3 rings (SSSR count). The van der Waals surface area contributed by atoms with Gasteiger partial charge >= 0.3 is 0 Å². The number of ether oxygens (including phenoxy) is 1. The first kappa shape index (κ1) is 12.9. The fraction of sp³-hybridized carbons (Fsp3) is 1.00. The van der Waals surface area contributed by atoms with E-state index in [-0.39, 0.29) is 11.0 Å². The smallest absolute Gasteiger partial charge is 0.0690 e. The van der Waals surface area contributed by atoms with Gasteiger partial charge in [0.15, 0.2) is 0 Å². The van der Waals surface area contributed by atoms with Crippen molar-refractivity contribution in [3.8, 4) is 0 Å². The van der Waals surface area contributed by atoms with Crippen LogP contribution in [0.15, 0.2) is 0 Å². The molecule has 0 amide bonds. The van der Waals surface area contributed by atoms with Crippen LogP contribution in [0.25, 0.3) is 0 Å². The minimum atomic E-state index is -0.0705. The van der Waals surface area contributed by atoms with Crippen LogP contribution in [-0.2, 0) is 4.74 Å².